The highest BCUT2D eigenvalue weighted by Gasteiger charge is 2.33. The van der Waals surface area contributed by atoms with Gasteiger partial charge in [0, 0.05) is 35.8 Å². The minimum absolute atomic E-state index is 0.0999. The van der Waals surface area contributed by atoms with Gasteiger partial charge in [0.1, 0.15) is 17.4 Å². The molecule has 27 heavy (non-hydrogen) atoms. The highest BCUT2D eigenvalue weighted by Crippen LogP contribution is 2.25. The fourth-order valence-corrected chi connectivity index (χ4v) is 3.59. The molecule has 1 fully saturated rings. The van der Waals surface area contributed by atoms with Crippen LogP contribution in [-0.2, 0) is 11.2 Å². The van der Waals surface area contributed by atoms with Crippen LogP contribution in [-0.4, -0.2) is 45.8 Å². The van der Waals surface area contributed by atoms with E-state index in [1.165, 1.54) is 11.1 Å². The van der Waals surface area contributed by atoms with Crippen molar-refractivity contribution >= 4 is 35.0 Å². The zero-order chi connectivity index (χ0) is 19.6. The summed E-state index contributed by atoms with van der Waals surface area (Å²) in [7, 11) is 0. The Kier molecular flexibility index (Phi) is 5.82. The minimum Gasteiger partial charge on any atom is -0.353 e. The number of piperazine rings is 1. The maximum Gasteiger partial charge on any atom is 0.263 e. The maximum absolute atomic E-state index is 12.8. The van der Waals surface area contributed by atoms with Crippen molar-refractivity contribution in [1.29, 1.82) is 0 Å². The molecule has 2 N–H and O–H groups in total. The van der Waals surface area contributed by atoms with Gasteiger partial charge in [-0.25, -0.2) is 4.98 Å². The zero-order valence-corrected chi connectivity index (χ0v) is 16.1. The lowest BCUT2D eigenvalue weighted by Crippen LogP contribution is -2.57. The van der Waals surface area contributed by atoms with E-state index in [1.807, 2.05) is 6.92 Å². The Balaban J connectivity index is 1.85. The Bertz CT molecular complexity index is 924. The largest absolute Gasteiger partial charge is 0.353 e. The van der Waals surface area contributed by atoms with Gasteiger partial charge in [0.15, 0.2) is 0 Å². The first-order chi connectivity index (χ1) is 12.9. The van der Waals surface area contributed by atoms with E-state index in [-0.39, 0.29) is 17.9 Å². The Morgan fingerprint density at radius 2 is 2.00 bits per heavy atom. The van der Waals surface area contributed by atoms with Gasteiger partial charge in [0.05, 0.1) is 0 Å². The third-order valence-corrected chi connectivity index (χ3v) is 5.17. The van der Waals surface area contributed by atoms with Crippen molar-refractivity contribution in [2.45, 2.75) is 25.8 Å². The number of rotatable bonds is 4. The fraction of sp³-hybridized carbons (Fsp3) is 0.333. The van der Waals surface area contributed by atoms with Crippen LogP contribution in [0.4, 0.5) is 0 Å². The first-order valence-corrected chi connectivity index (χ1v) is 9.27. The molecule has 1 atom stereocenters. The van der Waals surface area contributed by atoms with E-state index in [0.29, 0.717) is 40.9 Å². The van der Waals surface area contributed by atoms with Gasteiger partial charge in [0.25, 0.3) is 11.5 Å². The molecule has 1 aromatic carbocycles. The van der Waals surface area contributed by atoms with Crippen LogP contribution in [0.15, 0.2) is 29.2 Å². The molecule has 2 amide bonds. The van der Waals surface area contributed by atoms with Gasteiger partial charge >= 0.3 is 0 Å². The second-order valence-electron chi connectivity index (χ2n) is 6.16. The van der Waals surface area contributed by atoms with E-state index in [9.17, 15) is 14.4 Å². The van der Waals surface area contributed by atoms with Gasteiger partial charge in [-0.15, -0.1) is 0 Å². The van der Waals surface area contributed by atoms with Gasteiger partial charge in [-0.3, -0.25) is 14.4 Å². The molecule has 7 nitrogen and oxygen atoms in total. The predicted octanol–water partition coefficient (Wildman–Crippen LogP) is 2.02. The number of nitrogens with zero attached hydrogens (tertiary/aromatic N) is 2. The number of halogens is 2. The Labute approximate surface area is 165 Å². The second-order valence-corrected chi connectivity index (χ2v) is 6.98. The molecule has 0 unspecified atom stereocenters. The summed E-state index contributed by atoms with van der Waals surface area (Å²) in [5, 5.41) is 3.66. The predicted molar refractivity (Wildman–Crippen MR) is 102 cm³/mol. The average Bonchev–Trinajstić information content (AvgIpc) is 2.64. The third-order valence-electron chi connectivity index (χ3n) is 4.47. The maximum atomic E-state index is 12.8. The van der Waals surface area contributed by atoms with Crippen LogP contribution in [0.1, 0.15) is 35.1 Å². The van der Waals surface area contributed by atoms with E-state index in [4.69, 9.17) is 23.2 Å². The molecule has 0 bridgehead atoms. The standard InChI is InChI=1S/C18H18Cl2N4O3/c1-2-14-17(26)21-6-7-24(14)18(27)11-9-22-15(23-16(11)25)8-10-12(19)4-3-5-13(10)20/h3-5,9,14H,2,6-8H2,1H3,(H,21,26)(H,22,23,25)/t14-/m1/s1. The summed E-state index contributed by atoms with van der Waals surface area (Å²) in [6.07, 6.45) is 1.93. The Morgan fingerprint density at radius 1 is 1.30 bits per heavy atom. The minimum atomic E-state index is -0.591. The van der Waals surface area contributed by atoms with Gasteiger partial charge < -0.3 is 15.2 Å². The number of H-pyrrole nitrogens is 1. The summed E-state index contributed by atoms with van der Waals surface area (Å²) in [5.41, 5.74) is -0.0204. The molecular formula is C18H18Cl2N4O3. The fourth-order valence-electron chi connectivity index (χ4n) is 3.06. The Morgan fingerprint density at radius 3 is 2.63 bits per heavy atom. The van der Waals surface area contributed by atoms with Gasteiger partial charge in [-0.1, -0.05) is 36.2 Å². The van der Waals surface area contributed by atoms with Crippen LogP contribution < -0.4 is 10.9 Å². The first kappa shape index (κ1) is 19.4. The Hall–Kier alpha value is -2.38. The highest BCUT2D eigenvalue weighted by molar-refractivity contribution is 6.36. The number of hydrogen-bond donors (Lipinski definition) is 2. The highest BCUT2D eigenvalue weighted by atomic mass is 35.5. The van der Waals surface area contributed by atoms with E-state index < -0.39 is 17.5 Å². The summed E-state index contributed by atoms with van der Waals surface area (Å²) in [6.45, 7) is 2.52. The molecule has 2 heterocycles. The molecule has 1 aromatic heterocycles. The van der Waals surface area contributed by atoms with Crippen molar-refractivity contribution in [3.63, 3.8) is 0 Å². The SMILES string of the molecule is CC[C@@H]1C(=O)NCCN1C(=O)c1cnc(Cc2c(Cl)cccc2Cl)[nH]c1=O. The smallest absolute Gasteiger partial charge is 0.263 e. The van der Waals surface area contributed by atoms with Crippen molar-refractivity contribution in [1.82, 2.24) is 20.2 Å². The van der Waals surface area contributed by atoms with Crippen LogP contribution in [0.3, 0.4) is 0 Å². The summed E-state index contributed by atoms with van der Waals surface area (Å²) >= 11 is 12.3. The third kappa shape index (κ3) is 3.99. The van der Waals surface area contributed by atoms with Crippen LogP contribution in [0.25, 0.3) is 0 Å². The van der Waals surface area contributed by atoms with E-state index in [2.05, 4.69) is 15.3 Å². The zero-order valence-electron chi connectivity index (χ0n) is 14.6. The van der Waals surface area contributed by atoms with Crippen molar-refractivity contribution in [3.05, 3.63) is 61.7 Å². The summed E-state index contributed by atoms with van der Waals surface area (Å²) in [6, 6.07) is 4.54. The number of nitrogens with one attached hydrogen (secondary N) is 2. The van der Waals surface area contributed by atoms with Crippen molar-refractivity contribution < 1.29 is 9.59 Å². The quantitative estimate of drug-likeness (QED) is 0.808. The molecule has 0 aliphatic carbocycles. The van der Waals surface area contributed by atoms with E-state index >= 15 is 0 Å². The van der Waals surface area contributed by atoms with Crippen molar-refractivity contribution in [2.24, 2.45) is 0 Å². The summed E-state index contributed by atoms with van der Waals surface area (Å²) in [4.78, 5) is 45.4. The monoisotopic (exact) mass is 408 g/mol. The van der Waals surface area contributed by atoms with Crippen molar-refractivity contribution in [3.8, 4) is 0 Å². The van der Waals surface area contributed by atoms with Gasteiger partial charge in [0.2, 0.25) is 5.91 Å². The van der Waals surface area contributed by atoms with Crippen LogP contribution >= 0.6 is 23.2 Å². The number of carbonyl (C=O) groups is 2. The number of carbonyl (C=O) groups excluding carboxylic acids is 2. The molecule has 3 rings (SSSR count). The molecule has 0 saturated carbocycles. The second kappa shape index (κ2) is 8.10. The molecule has 2 aromatic rings. The lowest BCUT2D eigenvalue weighted by molar-refractivity contribution is -0.127. The molecule has 1 aliphatic rings. The number of hydrogen-bond acceptors (Lipinski definition) is 4. The number of aromatic nitrogens is 2. The van der Waals surface area contributed by atoms with Crippen LogP contribution in [0.5, 0.6) is 0 Å². The molecule has 0 radical (unpaired) electrons. The number of benzene rings is 1. The first-order valence-electron chi connectivity index (χ1n) is 8.52. The van der Waals surface area contributed by atoms with Crippen LogP contribution in [0, 0.1) is 0 Å². The van der Waals surface area contributed by atoms with Crippen molar-refractivity contribution in [2.75, 3.05) is 13.1 Å². The molecule has 9 heteroatoms. The lowest BCUT2D eigenvalue weighted by atomic mass is 10.1. The van der Waals surface area contributed by atoms with E-state index in [1.54, 1.807) is 18.2 Å². The normalized spacial score (nSPS) is 16.9. The van der Waals surface area contributed by atoms with Gasteiger partial charge in [-0.2, -0.15) is 0 Å². The lowest BCUT2D eigenvalue weighted by Gasteiger charge is -2.34. The molecule has 0 spiro atoms. The molecule has 142 valence electrons. The number of aromatic amines is 1. The molecule has 1 aliphatic heterocycles. The van der Waals surface area contributed by atoms with E-state index in [0.717, 1.165) is 0 Å². The topological polar surface area (TPSA) is 95.2 Å². The van der Waals surface area contributed by atoms with Crippen LogP contribution in [0.2, 0.25) is 10.0 Å². The van der Waals surface area contributed by atoms with Gasteiger partial charge in [-0.05, 0) is 24.1 Å². The molecule has 1 saturated heterocycles. The summed E-state index contributed by atoms with van der Waals surface area (Å²) < 4.78 is 0. The molecular weight excluding hydrogens is 391 g/mol. The number of amides is 2. The average molecular weight is 409 g/mol. The summed E-state index contributed by atoms with van der Waals surface area (Å²) in [5.74, 6) is -0.380.